The van der Waals surface area contributed by atoms with Crippen molar-refractivity contribution in [3.05, 3.63) is 0 Å². The molecule has 2 N–H and O–H groups in total. The third-order valence-corrected chi connectivity index (χ3v) is 0. The number of hydrogen-bond acceptors (Lipinski definition) is 1. The Morgan fingerprint density at radius 1 is 1.33 bits per heavy atom. The van der Waals surface area contributed by atoms with Gasteiger partial charge in [0.1, 0.15) is 0 Å². The molecule has 0 amide bonds. The summed E-state index contributed by atoms with van der Waals surface area (Å²) in [7, 11) is -3.13. The average molecular weight is 145 g/mol. The average Bonchev–Trinajstić information content (AvgIpc) is 0.811. The van der Waals surface area contributed by atoms with Gasteiger partial charge in [-0.25, -0.2) is 0 Å². The molecule has 0 fully saturated rings. The zero-order valence-electron chi connectivity index (χ0n) is 2.12. The van der Waals surface area contributed by atoms with Crippen molar-refractivity contribution in [2.45, 2.75) is 0 Å². The van der Waals surface area contributed by atoms with Crippen molar-refractivity contribution in [3.63, 3.8) is 0 Å². The summed E-state index contributed by atoms with van der Waals surface area (Å²) in [6.45, 7) is 0. The van der Waals surface area contributed by atoms with E-state index in [-0.39, 0.29) is 35.4 Å². The summed E-state index contributed by atoms with van der Waals surface area (Å²) in [5.41, 5.74) is 0. The standard InChI is InChI=1S/Li.Ni.H2O3Si.H/c;;1-4(2)3;/h;;1-2H;. The van der Waals surface area contributed by atoms with Crippen molar-refractivity contribution in [1.29, 1.82) is 0 Å². The van der Waals surface area contributed by atoms with Crippen LogP contribution in [0.2, 0.25) is 0 Å². The van der Waals surface area contributed by atoms with Crippen LogP contribution in [0.25, 0.3) is 0 Å². The second kappa shape index (κ2) is 9.20. The van der Waals surface area contributed by atoms with Crippen LogP contribution in [0.3, 0.4) is 0 Å². The SMILES string of the molecule is O=[Si](O)O.[LiH].[Ni]. The van der Waals surface area contributed by atoms with Crippen LogP contribution in [0, 0.1) is 0 Å². The third kappa shape index (κ3) is 129. The first-order valence-corrected chi connectivity index (χ1v) is 1.95. The molecule has 6 heavy (non-hydrogen) atoms. The summed E-state index contributed by atoms with van der Waals surface area (Å²) < 4.78 is 8.74. The Morgan fingerprint density at radius 2 is 1.33 bits per heavy atom. The van der Waals surface area contributed by atoms with E-state index >= 15 is 0 Å². The van der Waals surface area contributed by atoms with E-state index in [0.717, 1.165) is 0 Å². The predicted octanol–water partition coefficient (Wildman–Crippen LogP) is -2.26. The van der Waals surface area contributed by atoms with E-state index in [1.165, 1.54) is 0 Å². The van der Waals surface area contributed by atoms with Gasteiger partial charge in [0.2, 0.25) is 0 Å². The van der Waals surface area contributed by atoms with Crippen molar-refractivity contribution in [3.8, 4) is 0 Å². The summed E-state index contributed by atoms with van der Waals surface area (Å²) in [5, 5.41) is 0. The van der Waals surface area contributed by atoms with Crippen LogP contribution in [-0.2, 0) is 21.0 Å². The molecule has 0 unspecified atom stereocenters. The Kier molecular flexibility index (Phi) is 24.4. The third-order valence-electron chi connectivity index (χ3n) is 0. The molecule has 6 heteroatoms. The molecule has 0 spiro atoms. The second-order valence-electron chi connectivity index (χ2n) is 0.283. The van der Waals surface area contributed by atoms with Gasteiger partial charge in [0.25, 0.3) is 0 Å². The van der Waals surface area contributed by atoms with Crippen molar-refractivity contribution in [2.24, 2.45) is 0 Å². The van der Waals surface area contributed by atoms with Gasteiger partial charge in [-0.1, -0.05) is 0 Å². The van der Waals surface area contributed by atoms with Gasteiger partial charge in [0.15, 0.2) is 0 Å². The van der Waals surface area contributed by atoms with E-state index in [0.29, 0.717) is 0 Å². The molecule has 0 aliphatic rings. The van der Waals surface area contributed by atoms with Crippen LogP contribution >= 0.6 is 0 Å². The van der Waals surface area contributed by atoms with Gasteiger partial charge in [-0.15, -0.1) is 0 Å². The van der Waals surface area contributed by atoms with Gasteiger partial charge in [0.05, 0.1) is 0 Å². The van der Waals surface area contributed by atoms with Crippen LogP contribution in [-0.4, -0.2) is 37.6 Å². The minimum absolute atomic E-state index is 0. The van der Waals surface area contributed by atoms with Crippen LogP contribution in [0.1, 0.15) is 0 Å². The van der Waals surface area contributed by atoms with Gasteiger partial charge in [-0.05, 0) is 0 Å². The smallest absolute Gasteiger partial charge is 0 e. The number of hydrogen-bond donors (Lipinski definition) is 2. The number of rotatable bonds is 0. The molecule has 0 saturated heterocycles. The van der Waals surface area contributed by atoms with Gasteiger partial charge >= 0.3 is 28.0 Å². The maximum atomic E-state index is 8.74. The van der Waals surface area contributed by atoms with E-state index < -0.39 is 9.17 Å². The van der Waals surface area contributed by atoms with E-state index in [1.807, 2.05) is 0 Å². The molecule has 0 aliphatic carbocycles. The van der Waals surface area contributed by atoms with E-state index in [4.69, 9.17) is 14.1 Å². The van der Waals surface area contributed by atoms with Crippen LogP contribution < -0.4 is 0 Å². The molecule has 0 heterocycles. The van der Waals surface area contributed by atoms with Crippen LogP contribution in [0.15, 0.2) is 0 Å². The minimum Gasteiger partial charge on any atom is 0 e. The molecule has 0 atom stereocenters. The molecular weight excluding hydrogens is 142 g/mol. The Labute approximate surface area is 58.8 Å². The molecule has 36 valence electrons. The molecule has 0 aromatic rings. The zero-order valence-corrected chi connectivity index (χ0v) is 4.11. The summed E-state index contributed by atoms with van der Waals surface area (Å²) >= 11 is 0. The van der Waals surface area contributed by atoms with Crippen LogP contribution in [0.5, 0.6) is 0 Å². The Bertz CT molecular complexity index is 33.8. The molecule has 0 bridgehead atoms. The normalized spacial score (nSPS) is 4.00. The maximum absolute atomic E-state index is 8.74. The molecule has 0 aromatic heterocycles. The fourth-order valence-electron chi connectivity index (χ4n) is 0. The predicted molar refractivity (Wildman–Crippen MR) is 18.0 cm³/mol. The maximum Gasteiger partial charge on any atom is 0 e. The summed E-state index contributed by atoms with van der Waals surface area (Å²) in [6, 6.07) is 0. The van der Waals surface area contributed by atoms with Gasteiger partial charge in [-0.2, -0.15) is 0 Å². The van der Waals surface area contributed by atoms with E-state index in [1.54, 1.807) is 0 Å². The second-order valence-corrected chi connectivity index (χ2v) is 0.848. The topological polar surface area (TPSA) is 57.5 Å². The monoisotopic (exact) mass is 144 g/mol. The summed E-state index contributed by atoms with van der Waals surface area (Å²) in [6.07, 6.45) is 0. The van der Waals surface area contributed by atoms with Crippen molar-refractivity contribution in [2.75, 3.05) is 0 Å². The zero-order chi connectivity index (χ0) is 3.58. The quantitative estimate of drug-likeness (QED) is 0.378. The van der Waals surface area contributed by atoms with E-state index in [2.05, 4.69) is 0 Å². The first-order chi connectivity index (χ1) is 1.73. The first kappa shape index (κ1) is 15.9. The fraction of sp³-hybridized carbons (Fsp3) is 0. The Balaban J connectivity index is -0.0000000450. The van der Waals surface area contributed by atoms with Gasteiger partial charge < -0.3 is 9.59 Å². The first-order valence-electron chi connectivity index (χ1n) is 0.651. The minimum atomic E-state index is -3.13. The van der Waals surface area contributed by atoms with Crippen molar-refractivity contribution < 1.29 is 30.5 Å². The largest absolute Gasteiger partial charge is 0 e. The molecule has 3 nitrogen and oxygen atoms in total. The Hall–Kier alpha value is 0.708. The van der Waals surface area contributed by atoms with Gasteiger partial charge in [0, 0.05) is 16.5 Å². The molecule has 0 radical (unpaired) electrons. The molecule has 0 aromatic carbocycles. The van der Waals surface area contributed by atoms with E-state index in [9.17, 15) is 0 Å². The van der Waals surface area contributed by atoms with Gasteiger partial charge in [-0.3, -0.25) is 4.46 Å². The Morgan fingerprint density at radius 3 is 1.33 bits per heavy atom. The fourth-order valence-corrected chi connectivity index (χ4v) is 0. The van der Waals surface area contributed by atoms with Crippen molar-refractivity contribution >= 4 is 28.0 Å². The van der Waals surface area contributed by atoms with Crippen molar-refractivity contribution in [1.82, 2.24) is 0 Å². The summed E-state index contributed by atoms with van der Waals surface area (Å²) in [5.74, 6) is 0. The molecule has 0 saturated carbocycles. The molecule has 0 aliphatic heterocycles. The molecule has 0 rings (SSSR count). The molecular formula is H3LiNiO3Si. The van der Waals surface area contributed by atoms with Crippen LogP contribution in [0.4, 0.5) is 0 Å². The summed E-state index contributed by atoms with van der Waals surface area (Å²) in [4.78, 5) is 14.3.